The van der Waals surface area contributed by atoms with Gasteiger partial charge in [0.2, 0.25) is 0 Å². The van der Waals surface area contributed by atoms with Crippen LogP contribution in [0, 0.1) is 11.6 Å². The summed E-state index contributed by atoms with van der Waals surface area (Å²) in [6, 6.07) is 10.2. The predicted octanol–water partition coefficient (Wildman–Crippen LogP) is 4.73. The highest BCUT2D eigenvalue weighted by Crippen LogP contribution is 2.22. The second-order valence-corrected chi connectivity index (χ2v) is 5.52. The quantitative estimate of drug-likeness (QED) is 0.742. The van der Waals surface area contributed by atoms with Crippen LogP contribution >= 0.6 is 23.4 Å². The number of carbonyl (C=O) groups is 1. The minimum absolute atomic E-state index is 0.0750. The molecule has 2 rings (SSSR count). The minimum Gasteiger partial charge on any atom is -0.293 e. The average Bonchev–Trinajstić information content (AvgIpc) is 2.43. The van der Waals surface area contributed by atoms with E-state index in [1.807, 2.05) is 18.2 Å². The lowest BCUT2D eigenvalue weighted by atomic mass is 10.1. The Hall–Kier alpha value is -1.39. The summed E-state index contributed by atoms with van der Waals surface area (Å²) in [6.45, 7) is 0. The molecule has 1 nitrogen and oxygen atoms in total. The Kier molecular flexibility index (Phi) is 5.15. The first-order valence-corrected chi connectivity index (χ1v) is 7.40. The van der Waals surface area contributed by atoms with Crippen LogP contribution in [0.25, 0.3) is 0 Å². The van der Waals surface area contributed by atoms with Crippen molar-refractivity contribution in [3.63, 3.8) is 0 Å². The molecule has 0 aromatic heterocycles. The fourth-order valence-corrected chi connectivity index (χ4v) is 2.85. The fourth-order valence-electron chi connectivity index (χ4n) is 1.66. The Bertz CT molecular complexity index is 631. The van der Waals surface area contributed by atoms with Gasteiger partial charge in [-0.15, -0.1) is 11.8 Å². The summed E-state index contributed by atoms with van der Waals surface area (Å²) in [7, 11) is 0. The molecule has 5 heteroatoms. The minimum atomic E-state index is -0.699. The van der Waals surface area contributed by atoms with Crippen molar-refractivity contribution in [1.29, 1.82) is 0 Å². The molecule has 0 saturated heterocycles. The molecular weight excluding hydrogens is 302 g/mol. The van der Waals surface area contributed by atoms with Gasteiger partial charge in [-0.1, -0.05) is 29.8 Å². The molecule has 0 radical (unpaired) electrons. The zero-order chi connectivity index (χ0) is 14.5. The van der Waals surface area contributed by atoms with Crippen LogP contribution in [-0.4, -0.2) is 11.5 Å². The molecule has 0 unspecified atom stereocenters. The van der Waals surface area contributed by atoms with Crippen molar-refractivity contribution in [2.45, 2.75) is 5.75 Å². The first-order chi connectivity index (χ1) is 9.58. The van der Waals surface area contributed by atoms with E-state index in [0.717, 1.165) is 23.8 Å². The van der Waals surface area contributed by atoms with Crippen molar-refractivity contribution in [1.82, 2.24) is 0 Å². The van der Waals surface area contributed by atoms with Gasteiger partial charge in [0.25, 0.3) is 0 Å². The molecule has 2 aromatic rings. The molecule has 0 aliphatic rings. The van der Waals surface area contributed by atoms with E-state index < -0.39 is 17.4 Å². The van der Waals surface area contributed by atoms with Crippen molar-refractivity contribution in [3.05, 3.63) is 70.2 Å². The summed E-state index contributed by atoms with van der Waals surface area (Å²) < 4.78 is 26.4. The molecule has 20 heavy (non-hydrogen) atoms. The summed E-state index contributed by atoms with van der Waals surface area (Å²) in [5.41, 5.74) is 0.698. The van der Waals surface area contributed by atoms with Crippen LogP contribution in [0.4, 0.5) is 8.78 Å². The molecule has 0 aliphatic heterocycles. The van der Waals surface area contributed by atoms with E-state index in [4.69, 9.17) is 11.6 Å². The van der Waals surface area contributed by atoms with Gasteiger partial charge in [0.1, 0.15) is 11.6 Å². The van der Waals surface area contributed by atoms with Gasteiger partial charge in [-0.3, -0.25) is 4.79 Å². The van der Waals surface area contributed by atoms with Crippen LogP contribution in [0.1, 0.15) is 15.9 Å². The van der Waals surface area contributed by atoms with E-state index in [1.165, 1.54) is 11.8 Å². The van der Waals surface area contributed by atoms with Crippen LogP contribution < -0.4 is 0 Å². The Balaban J connectivity index is 1.96. The van der Waals surface area contributed by atoms with Crippen LogP contribution in [0.2, 0.25) is 5.02 Å². The predicted molar refractivity (Wildman–Crippen MR) is 78.3 cm³/mol. The summed E-state index contributed by atoms with van der Waals surface area (Å²) in [4.78, 5) is 11.8. The SMILES string of the molecule is O=C(CSCc1ccccc1Cl)c1cc(F)ccc1F. The van der Waals surface area contributed by atoms with E-state index >= 15 is 0 Å². The molecule has 0 bridgehead atoms. The van der Waals surface area contributed by atoms with Crippen LogP contribution in [0.3, 0.4) is 0 Å². The number of thioether (sulfide) groups is 1. The molecular formula is C15H11ClF2OS. The largest absolute Gasteiger partial charge is 0.293 e. The molecule has 0 atom stereocenters. The molecule has 2 aromatic carbocycles. The van der Waals surface area contributed by atoms with Gasteiger partial charge in [-0.2, -0.15) is 0 Å². The summed E-state index contributed by atoms with van der Waals surface area (Å²) in [6.07, 6.45) is 0. The second kappa shape index (κ2) is 6.86. The van der Waals surface area contributed by atoms with Crippen LogP contribution in [0.15, 0.2) is 42.5 Å². The Morgan fingerprint density at radius 3 is 2.65 bits per heavy atom. The Morgan fingerprint density at radius 2 is 1.90 bits per heavy atom. The van der Waals surface area contributed by atoms with Gasteiger partial charge in [0.05, 0.1) is 11.3 Å². The molecule has 0 spiro atoms. The molecule has 0 amide bonds. The first kappa shape index (κ1) is 15.0. The molecule has 0 fully saturated rings. The lowest BCUT2D eigenvalue weighted by molar-refractivity contribution is 0.101. The molecule has 0 N–H and O–H groups in total. The normalized spacial score (nSPS) is 10.6. The van der Waals surface area contributed by atoms with Gasteiger partial charge in [0, 0.05) is 10.8 Å². The Labute approximate surface area is 125 Å². The third-order valence-electron chi connectivity index (χ3n) is 2.68. The topological polar surface area (TPSA) is 17.1 Å². The van der Waals surface area contributed by atoms with E-state index in [-0.39, 0.29) is 11.3 Å². The molecule has 0 aliphatic carbocycles. The van der Waals surface area contributed by atoms with E-state index in [2.05, 4.69) is 0 Å². The van der Waals surface area contributed by atoms with Gasteiger partial charge in [-0.25, -0.2) is 8.78 Å². The zero-order valence-corrected chi connectivity index (χ0v) is 12.0. The lowest BCUT2D eigenvalue weighted by Gasteiger charge is -2.05. The van der Waals surface area contributed by atoms with Gasteiger partial charge >= 0.3 is 0 Å². The van der Waals surface area contributed by atoms with Crippen molar-refractivity contribution in [2.24, 2.45) is 0 Å². The third-order valence-corrected chi connectivity index (χ3v) is 4.03. The van der Waals surface area contributed by atoms with Crippen molar-refractivity contribution in [2.75, 3.05) is 5.75 Å². The summed E-state index contributed by atoms with van der Waals surface area (Å²) >= 11 is 7.31. The third kappa shape index (κ3) is 3.81. The summed E-state index contributed by atoms with van der Waals surface area (Å²) in [5.74, 6) is -1.13. The highest BCUT2D eigenvalue weighted by atomic mass is 35.5. The molecule has 0 heterocycles. The maximum Gasteiger partial charge on any atom is 0.175 e. The van der Waals surface area contributed by atoms with Crippen molar-refractivity contribution >= 4 is 29.1 Å². The number of Topliss-reactive ketones (excluding diaryl/α,β-unsaturated/α-hetero) is 1. The average molecular weight is 313 g/mol. The molecule has 104 valence electrons. The highest BCUT2D eigenvalue weighted by Gasteiger charge is 2.13. The second-order valence-electron chi connectivity index (χ2n) is 4.13. The van der Waals surface area contributed by atoms with E-state index in [9.17, 15) is 13.6 Å². The smallest absolute Gasteiger partial charge is 0.175 e. The standard InChI is InChI=1S/C15H11ClF2OS/c16-13-4-2-1-3-10(13)8-20-9-15(19)12-7-11(17)5-6-14(12)18/h1-7H,8-9H2. The van der Waals surface area contributed by atoms with Gasteiger partial charge in [0.15, 0.2) is 5.78 Å². The number of benzene rings is 2. The van der Waals surface area contributed by atoms with Crippen molar-refractivity contribution < 1.29 is 13.6 Å². The number of halogens is 3. The number of ketones is 1. The maximum absolute atomic E-state index is 13.4. The van der Waals surface area contributed by atoms with Crippen molar-refractivity contribution in [3.8, 4) is 0 Å². The zero-order valence-electron chi connectivity index (χ0n) is 10.4. The molecule has 0 saturated carbocycles. The monoisotopic (exact) mass is 312 g/mol. The number of carbonyl (C=O) groups excluding carboxylic acids is 1. The van der Waals surface area contributed by atoms with Gasteiger partial charge < -0.3 is 0 Å². The van der Waals surface area contributed by atoms with E-state index in [1.54, 1.807) is 6.07 Å². The lowest BCUT2D eigenvalue weighted by Crippen LogP contribution is -2.06. The number of hydrogen-bond acceptors (Lipinski definition) is 2. The van der Waals surface area contributed by atoms with Crippen LogP contribution in [-0.2, 0) is 5.75 Å². The van der Waals surface area contributed by atoms with Gasteiger partial charge in [-0.05, 0) is 29.8 Å². The number of hydrogen-bond donors (Lipinski definition) is 0. The fraction of sp³-hybridized carbons (Fsp3) is 0.133. The maximum atomic E-state index is 13.4. The Morgan fingerprint density at radius 1 is 1.15 bits per heavy atom. The highest BCUT2D eigenvalue weighted by molar-refractivity contribution is 7.99. The summed E-state index contributed by atoms with van der Waals surface area (Å²) in [5, 5.41) is 0.629. The first-order valence-electron chi connectivity index (χ1n) is 5.87. The van der Waals surface area contributed by atoms with E-state index in [0.29, 0.717) is 10.8 Å². The van der Waals surface area contributed by atoms with Crippen LogP contribution in [0.5, 0.6) is 0 Å². The number of rotatable bonds is 5.